The predicted molar refractivity (Wildman–Crippen MR) is 103 cm³/mol. The lowest BCUT2D eigenvalue weighted by Crippen LogP contribution is -2.47. The van der Waals surface area contributed by atoms with E-state index in [1.54, 1.807) is 24.3 Å². The van der Waals surface area contributed by atoms with E-state index in [0.29, 0.717) is 24.4 Å². The number of carbonyl (C=O) groups is 1. The zero-order valence-corrected chi connectivity index (χ0v) is 15.4. The van der Waals surface area contributed by atoms with Crippen LogP contribution in [0.3, 0.4) is 0 Å². The van der Waals surface area contributed by atoms with Gasteiger partial charge in [-0.25, -0.2) is 4.79 Å². The van der Waals surface area contributed by atoms with Gasteiger partial charge in [0.15, 0.2) is 0 Å². The fourth-order valence-corrected chi connectivity index (χ4v) is 2.55. The van der Waals surface area contributed by atoms with Gasteiger partial charge >= 0.3 is 5.97 Å². The van der Waals surface area contributed by atoms with Gasteiger partial charge in [0, 0.05) is 6.54 Å². The van der Waals surface area contributed by atoms with E-state index in [9.17, 15) is 9.90 Å². The van der Waals surface area contributed by atoms with Gasteiger partial charge in [-0.15, -0.1) is 5.48 Å². The van der Waals surface area contributed by atoms with E-state index in [0.717, 1.165) is 12.1 Å². The molecule has 0 bridgehead atoms. The van der Waals surface area contributed by atoms with Crippen LogP contribution in [0.25, 0.3) is 0 Å². The Hall–Kier alpha value is -2.21. The lowest BCUT2D eigenvalue weighted by molar-refractivity contribution is -0.00665. The molecule has 2 aromatic carbocycles. The topological polar surface area (TPSA) is 70.6 Å². The van der Waals surface area contributed by atoms with Gasteiger partial charge in [-0.3, -0.25) is 0 Å². The van der Waals surface area contributed by atoms with Gasteiger partial charge in [-0.2, -0.15) is 0 Å². The van der Waals surface area contributed by atoms with E-state index in [-0.39, 0.29) is 0 Å². The van der Waals surface area contributed by atoms with Gasteiger partial charge < -0.3 is 15.3 Å². The average molecular weight is 356 g/mol. The molecule has 3 N–H and O–H groups in total. The van der Waals surface area contributed by atoms with E-state index >= 15 is 0 Å². The molecule has 0 amide bonds. The Morgan fingerprint density at radius 1 is 1.00 bits per heavy atom. The van der Waals surface area contributed by atoms with Gasteiger partial charge in [-0.1, -0.05) is 62.4 Å². The van der Waals surface area contributed by atoms with Crippen LogP contribution in [0.2, 0.25) is 0 Å². The second-order valence-corrected chi connectivity index (χ2v) is 6.79. The summed E-state index contributed by atoms with van der Waals surface area (Å²) in [6.07, 6.45) is -0.148. The molecule has 0 spiro atoms. The number of aliphatic hydroxyl groups is 1. The number of nitrogens with one attached hydrogen (secondary N) is 2. The summed E-state index contributed by atoms with van der Waals surface area (Å²) >= 11 is 0. The lowest BCUT2D eigenvalue weighted by Gasteiger charge is -2.24. The van der Waals surface area contributed by atoms with Gasteiger partial charge in [0.05, 0.1) is 17.7 Å². The standard InChI is InChI=1S/C21H28N2O3/c1-16(2)14-22-15-20(24)19(13-17-9-5-3-6-10-17)23-26-21(25)18-11-7-4-8-12-18/h3-12,16,19-20,22-24H,13-15H2,1-2H3/t19-,20+/m0/s1. The van der Waals surface area contributed by atoms with E-state index in [1.165, 1.54) is 0 Å². The minimum absolute atomic E-state index is 0.412. The number of hydrogen-bond donors (Lipinski definition) is 3. The molecule has 0 aromatic heterocycles. The van der Waals surface area contributed by atoms with Crippen molar-refractivity contribution in [2.45, 2.75) is 32.4 Å². The second-order valence-electron chi connectivity index (χ2n) is 6.79. The third-order valence-corrected chi connectivity index (χ3v) is 3.98. The fourth-order valence-electron chi connectivity index (χ4n) is 2.55. The first-order valence-electron chi connectivity index (χ1n) is 9.00. The molecule has 0 aliphatic carbocycles. The van der Waals surface area contributed by atoms with Gasteiger partial charge in [0.25, 0.3) is 0 Å². The van der Waals surface area contributed by atoms with Crippen molar-refractivity contribution in [3.8, 4) is 0 Å². The second kappa shape index (κ2) is 10.7. The maximum absolute atomic E-state index is 12.1. The highest BCUT2D eigenvalue weighted by Crippen LogP contribution is 2.08. The molecule has 140 valence electrons. The molecule has 0 unspecified atom stereocenters. The summed E-state index contributed by atoms with van der Waals surface area (Å²) in [7, 11) is 0. The molecule has 0 radical (unpaired) electrons. The molecular formula is C21H28N2O3. The summed E-state index contributed by atoms with van der Waals surface area (Å²) in [4.78, 5) is 17.4. The van der Waals surface area contributed by atoms with Crippen LogP contribution in [0, 0.1) is 5.92 Å². The molecule has 2 rings (SSSR count). The summed E-state index contributed by atoms with van der Waals surface area (Å²) in [5.41, 5.74) is 4.29. The van der Waals surface area contributed by atoms with Crippen molar-refractivity contribution < 1.29 is 14.7 Å². The first-order chi connectivity index (χ1) is 12.6. The zero-order valence-electron chi connectivity index (χ0n) is 15.4. The molecule has 0 aliphatic rings. The molecule has 0 fully saturated rings. The summed E-state index contributed by atoms with van der Waals surface area (Å²) in [5, 5.41) is 13.8. The van der Waals surface area contributed by atoms with E-state index in [2.05, 4.69) is 24.6 Å². The average Bonchev–Trinajstić information content (AvgIpc) is 2.66. The number of carbonyl (C=O) groups excluding carboxylic acids is 1. The van der Waals surface area contributed by atoms with E-state index in [4.69, 9.17) is 4.84 Å². The number of hydroxylamine groups is 1. The minimum atomic E-state index is -0.697. The highest BCUT2D eigenvalue weighted by atomic mass is 16.7. The Labute approximate surface area is 155 Å². The normalized spacial score (nSPS) is 13.4. The summed E-state index contributed by atoms with van der Waals surface area (Å²) < 4.78 is 0. The Bertz CT molecular complexity index is 647. The molecule has 0 saturated carbocycles. The van der Waals surface area contributed by atoms with Crippen molar-refractivity contribution in [3.63, 3.8) is 0 Å². The third kappa shape index (κ3) is 6.96. The summed E-state index contributed by atoms with van der Waals surface area (Å²) in [6.45, 7) is 5.46. The molecule has 0 aliphatic heterocycles. The lowest BCUT2D eigenvalue weighted by atomic mass is 10.0. The van der Waals surface area contributed by atoms with Crippen molar-refractivity contribution >= 4 is 5.97 Å². The highest BCUT2D eigenvalue weighted by molar-refractivity contribution is 5.89. The molecule has 26 heavy (non-hydrogen) atoms. The predicted octanol–water partition coefficient (Wildman–Crippen LogP) is 2.57. The van der Waals surface area contributed by atoms with Gasteiger partial charge in [-0.05, 0) is 36.6 Å². The molecule has 5 heteroatoms. The van der Waals surface area contributed by atoms with Crippen molar-refractivity contribution in [1.82, 2.24) is 10.8 Å². The number of hydrogen-bond acceptors (Lipinski definition) is 5. The molecule has 5 nitrogen and oxygen atoms in total. The molecule has 0 saturated heterocycles. The SMILES string of the molecule is CC(C)CNC[C@@H](O)[C@H](Cc1ccccc1)NOC(=O)c1ccccc1. The van der Waals surface area contributed by atoms with E-state index in [1.807, 2.05) is 36.4 Å². The zero-order chi connectivity index (χ0) is 18.8. The van der Waals surface area contributed by atoms with Crippen LogP contribution in [0.1, 0.15) is 29.8 Å². The first-order valence-corrected chi connectivity index (χ1v) is 9.00. The summed E-state index contributed by atoms with van der Waals surface area (Å²) in [5.74, 6) is 0.0321. The van der Waals surface area contributed by atoms with Crippen LogP contribution >= 0.6 is 0 Å². The molecule has 2 atom stereocenters. The summed E-state index contributed by atoms with van der Waals surface area (Å²) in [6, 6.07) is 18.2. The van der Waals surface area contributed by atoms with E-state index < -0.39 is 18.1 Å². The van der Waals surface area contributed by atoms with Crippen LogP contribution < -0.4 is 10.8 Å². The maximum Gasteiger partial charge on any atom is 0.356 e. The van der Waals surface area contributed by atoms with Crippen molar-refractivity contribution in [1.29, 1.82) is 0 Å². The number of rotatable bonds is 10. The third-order valence-electron chi connectivity index (χ3n) is 3.98. The highest BCUT2D eigenvalue weighted by Gasteiger charge is 2.21. The maximum atomic E-state index is 12.1. The smallest absolute Gasteiger partial charge is 0.356 e. The Balaban J connectivity index is 1.96. The van der Waals surface area contributed by atoms with Crippen LogP contribution in [0.15, 0.2) is 60.7 Å². The van der Waals surface area contributed by atoms with Crippen molar-refractivity contribution in [3.05, 3.63) is 71.8 Å². The Morgan fingerprint density at radius 3 is 2.23 bits per heavy atom. The Morgan fingerprint density at radius 2 is 1.62 bits per heavy atom. The largest absolute Gasteiger partial charge is 0.390 e. The van der Waals surface area contributed by atoms with Crippen molar-refractivity contribution in [2.24, 2.45) is 5.92 Å². The van der Waals surface area contributed by atoms with Crippen LogP contribution in [-0.4, -0.2) is 36.3 Å². The molecular weight excluding hydrogens is 328 g/mol. The quantitative estimate of drug-likeness (QED) is 0.571. The fraction of sp³-hybridized carbons (Fsp3) is 0.381. The van der Waals surface area contributed by atoms with Gasteiger partial charge in [0.1, 0.15) is 0 Å². The van der Waals surface area contributed by atoms with Crippen molar-refractivity contribution in [2.75, 3.05) is 13.1 Å². The molecule has 2 aromatic rings. The first kappa shape index (κ1) is 20.1. The van der Waals surface area contributed by atoms with Crippen LogP contribution in [0.4, 0.5) is 0 Å². The molecule has 0 heterocycles. The monoisotopic (exact) mass is 356 g/mol. The van der Waals surface area contributed by atoms with Gasteiger partial charge in [0.2, 0.25) is 0 Å². The Kier molecular flexibility index (Phi) is 8.28. The van der Waals surface area contributed by atoms with Crippen LogP contribution in [-0.2, 0) is 11.3 Å². The number of aliphatic hydroxyl groups excluding tert-OH is 1. The number of benzene rings is 2. The van der Waals surface area contributed by atoms with Crippen LogP contribution in [0.5, 0.6) is 0 Å². The minimum Gasteiger partial charge on any atom is -0.390 e.